The Balaban J connectivity index is 1.64. The number of pyridine rings is 1. The van der Waals surface area contributed by atoms with E-state index < -0.39 is 27.3 Å². The predicted molar refractivity (Wildman–Crippen MR) is 125 cm³/mol. The lowest BCUT2D eigenvalue weighted by Gasteiger charge is -2.15. The van der Waals surface area contributed by atoms with Gasteiger partial charge in [-0.3, -0.25) is 14.0 Å². The van der Waals surface area contributed by atoms with Crippen LogP contribution < -0.4 is 10.9 Å². The van der Waals surface area contributed by atoms with Crippen molar-refractivity contribution < 1.29 is 13.2 Å². The van der Waals surface area contributed by atoms with Gasteiger partial charge in [0.15, 0.2) is 9.84 Å². The normalized spacial score (nSPS) is 12.8. The molecule has 3 aromatic rings. The maximum atomic E-state index is 12.6. The summed E-state index contributed by atoms with van der Waals surface area (Å²) < 4.78 is 26.5. The predicted octanol–water partition coefficient (Wildman–Crippen LogP) is 2.99. The van der Waals surface area contributed by atoms with Crippen molar-refractivity contribution in [1.29, 1.82) is 0 Å². The van der Waals surface area contributed by atoms with Gasteiger partial charge in [-0.05, 0) is 48.9 Å². The molecule has 0 saturated carbocycles. The Bertz CT molecular complexity index is 1280. The van der Waals surface area contributed by atoms with Gasteiger partial charge in [-0.25, -0.2) is 13.4 Å². The van der Waals surface area contributed by atoms with Crippen molar-refractivity contribution in [1.82, 2.24) is 14.7 Å². The number of aryl methyl sites for hydroxylation is 1. The van der Waals surface area contributed by atoms with E-state index in [9.17, 15) is 18.0 Å². The number of nitrogens with one attached hydrogen (secondary N) is 1. The highest BCUT2D eigenvalue weighted by atomic mass is 32.2. The first-order valence-electron chi connectivity index (χ1n) is 10.6. The molecule has 170 valence electrons. The highest BCUT2D eigenvalue weighted by Crippen LogP contribution is 2.16. The summed E-state index contributed by atoms with van der Waals surface area (Å²) in [7, 11) is -3.80. The van der Waals surface area contributed by atoms with Gasteiger partial charge in [0, 0.05) is 12.3 Å². The molecule has 0 aliphatic rings. The third-order valence-corrected chi connectivity index (χ3v) is 6.52. The summed E-state index contributed by atoms with van der Waals surface area (Å²) in [4.78, 5) is 28.9. The number of hydrogen-bond acceptors (Lipinski definition) is 5. The van der Waals surface area contributed by atoms with Gasteiger partial charge in [-0.15, -0.1) is 0 Å². The first-order chi connectivity index (χ1) is 15.0. The molecule has 0 spiro atoms. The van der Waals surface area contributed by atoms with Crippen LogP contribution in [0.4, 0.5) is 0 Å². The number of hydrogen-bond donors (Lipinski definition) is 1. The smallest absolute Gasteiger partial charge is 0.258 e. The summed E-state index contributed by atoms with van der Waals surface area (Å²) in [6.45, 7) is 7.98. The Kier molecular flexibility index (Phi) is 7.13. The highest BCUT2D eigenvalue weighted by Gasteiger charge is 2.20. The molecule has 0 aliphatic heterocycles. The van der Waals surface area contributed by atoms with Crippen molar-refractivity contribution >= 4 is 21.4 Å². The standard InChI is InChI=1S/C24H29N3O4S/c1-16(2)11-19-6-8-20(9-7-19)18(4)25-23(28)15-32(30,31)14-21-12-24(29)27-13-17(3)5-10-22(27)26-21/h5-10,12-13,16,18H,11,14-15H2,1-4H3,(H,25,28)/t18-/m0/s1. The second-order valence-electron chi connectivity index (χ2n) is 8.68. The van der Waals surface area contributed by atoms with Crippen LogP contribution in [0.2, 0.25) is 0 Å². The van der Waals surface area contributed by atoms with Crippen LogP contribution in [0.3, 0.4) is 0 Å². The van der Waals surface area contributed by atoms with E-state index in [1.165, 1.54) is 16.0 Å². The zero-order valence-corrected chi connectivity index (χ0v) is 19.6. The quantitative estimate of drug-likeness (QED) is 0.563. The summed E-state index contributed by atoms with van der Waals surface area (Å²) in [5, 5.41) is 2.74. The molecule has 1 N–H and O–H groups in total. The Morgan fingerprint density at radius 3 is 2.44 bits per heavy atom. The van der Waals surface area contributed by atoms with Crippen molar-refractivity contribution in [2.75, 3.05) is 5.75 Å². The zero-order chi connectivity index (χ0) is 23.5. The number of sulfone groups is 1. The molecule has 3 rings (SSSR count). The molecule has 0 radical (unpaired) electrons. The molecule has 1 atom stereocenters. The summed E-state index contributed by atoms with van der Waals surface area (Å²) in [6, 6.07) is 12.3. The maximum Gasteiger partial charge on any atom is 0.258 e. The minimum Gasteiger partial charge on any atom is -0.349 e. The molecule has 0 bridgehead atoms. The van der Waals surface area contributed by atoms with Gasteiger partial charge in [0.25, 0.3) is 5.56 Å². The second kappa shape index (κ2) is 9.65. The van der Waals surface area contributed by atoms with Crippen LogP contribution in [0.25, 0.3) is 5.65 Å². The summed E-state index contributed by atoms with van der Waals surface area (Å²) in [5.74, 6) is -1.17. The summed E-state index contributed by atoms with van der Waals surface area (Å²) in [5.41, 5.74) is 3.15. The molecule has 2 aromatic heterocycles. The van der Waals surface area contributed by atoms with Crippen LogP contribution in [0.5, 0.6) is 0 Å². The van der Waals surface area contributed by atoms with E-state index in [0.29, 0.717) is 11.6 Å². The molecular formula is C24H29N3O4S. The van der Waals surface area contributed by atoms with E-state index in [-0.39, 0.29) is 17.3 Å². The van der Waals surface area contributed by atoms with E-state index in [1.807, 2.05) is 38.1 Å². The Hall–Kier alpha value is -3.00. The van der Waals surface area contributed by atoms with Gasteiger partial charge < -0.3 is 5.32 Å². The van der Waals surface area contributed by atoms with Crippen molar-refractivity contribution in [3.05, 3.63) is 81.4 Å². The first kappa shape index (κ1) is 23.7. The number of fused-ring (bicyclic) bond motifs is 1. The van der Waals surface area contributed by atoms with Gasteiger partial charge in [-0.1, -0.05) is 44.2 Å². The fraction of sp³-hybridized carbons (Fsp3) is 0.375. The molecular weight excluding hydrogens is 426 g/mol. The van der Waals surface area contributed by atoms with Crippen LogP contribution >= 0.6 is 0 Å². The van der Waals surface area contributed by atoms with Crippen molar-refractivity contribution in [3.8, 4) is 0 Å². The number of carbonyl (C=O) groups excluding carboxylic acids is 1. The van der Waals surface area contributed by atoms with Crippen LogP contribution in [0.15, 0.2) is 53.5 Å². The lowest BCUT2D eigenvalue weighted by atomic mass is 10.00. The van der Waals surface area contributed by atoms with Gasteiger partial charge in [-0.2, -0.15) is 0 Å². The third kappa shape index (κ3) is 6.26. The average Bonchev–Trinajstić information content (AvgIpc) is 2.67. The van der Waals surface area contributed by atoms with Crippen molar-refractivity contribution in [2.45, 2.75) is 45.9 Å². The average molecular weight is 456 g/mol. The number of benzene rings is 1. The van der Waals surface area contributed by atoms with Crippen LogP contribution in [0.1, 0.15) is 49.2 Å². The minimum atomic E-state index is -3.80. The molecule has 0 saturated heterocycles. The topological polar surface area (TPSA) is 97.6 Å². The van der Waals surface area contributed by atoms with E-state index in [0.717, 1.165) is 17.5 Å². The summed E-state index contributed by atoms with van der Waals surface area (Å²) >= 11 is 0. The largest absolute Gasteiger partial charge is 0.349 e. The number of aromatic nitrogens is 2. The molecule has 1 amide bonds. The molecule has 1 aromatic carbocycles. The van der Waals surface area contributed by atoms with Crippen LogP contribution in [0, 0.1) is 12.8 Å². The summed E-state index contributed by atoms with van der Waals surface area (Å²) in [6.07, 6.45) is 2.62. The minimum absolute atomic E-state index is 0.125. The monoisotopic (exact) mass is 455 g/mol. The number of amides is 1. The Morgan fingerprint density at radius 2 is 1.78 bits per heavy atom. The lowest BCUT2D eigenvalue weighted by Crippen LogP contribution is -2.33. The van der Waals surface area contributed by atoms with E-state index in [2.05, 4.69) is 24.1 Å². The Morgan fingerprint density at radius 1 is 1.09 bits per heavy atom. The number of rotatable bonds is 8. The van der Waals surface area contributed by atoms with Crippen LogP contribution in [-0.2, 0) is 26.8 Å². The first-order valence-corrected chi connectivity index (χ1v) is 12.4. The third-order valence-electron chi connectivity index (χ3n) is 5.08. The van der Waals surface area contributed by atoms with Gasteiger partial charge in [0.05, 0.1) is 17.5 Å². The molecule has 0 fully saturated rings. The molecule has 0 aliphatic carbocycles. The molecule has 8 heteroatoms. The van der Waals surface area contributed by atoms with E-state index in [4.69, 9.17) is 0 Å². The second-order valence-corrected chi connectivity index (χ2v) is 10.7. The molecule has 32 heavy (non-hydrogen) atoms. The van der Waals surface area contributed by atoms with E-state index in [1.54, 1.807) is 18.3 Å². The van der Waals surface area contributed by atoms with Gasteiger partial charge >= 0.3 is 0 Å². The Labute approximate surface area is 188 Å². The molecule has 2 heterocycles. The maximum absolute atomic E-state index is 12.6. The van der Waals surface area contributed by atoms with Gasteiger partial charge in [0.2, 0.25) is 5.91 Å². The highest BCUT2D eigenvalue weighted by molar-refractivity contribution is 7.91. The molecule has 0 unspecified atom stereocenters. The lowest BCUT2D eigenvalue weighted by molar-refractivity contribution is -0.119. The molecule has 7 nitrogen and oxygen atoms in total. The fourth-order valence-electron chi connectivity index (χ4n) is 3.59. The number of carbonyl (C=O) groups is 1. The van der Waals surface area contributed by atoms with Gasteiger partial charge in [0.1, 0.15) is 11.4 Å². The van der Waals surface area contributed by atoms with E-state index >= 15 is 0 Å². The zero-order valence-electron chi connectivity index (χ0n) is 18.8. The van der Waals surface area contributed by atoms with Crippen molar-refractivity contribution in [3.63, 3.8) is 0 Å². The van der Waals surface area contributed by atoms with Crippen LogP contribution in [-0.4, -0.2) is 29.5 Å². The van der Waals surface area contributed by atoms with Crippen molar-refractivity contribution in [2.24, 2.45) is 5.92 Å². The SMILES string of the molecule is Cc1ccc2nc(CS(=O)(=O)CC(=O)N[C@@H](C)c3ccc(CC(C)C)cc3)cc(=O)n2c1. The number of nitrogens with zero attached hydrogens (tertiary/aromatic N) is 2. The fourth-order valence-corrected chi connectivity index (χ4v) is 4.77.